The lowest BCUT2D eigenvalue weighted by molar-refractivity contribution is 0.103. The molecule has 0 unspecified atom stereocenters. The van der Waals surface area contributed by atoms with Crippen molar-refractivity contribution in [3.63, 3.8) is 0 Å². The summed E-state index contributed by atoms with van der Waals surface area (Å²) in [4.78, 5) is 13.9. The van der Waals surface area contributed by atoms with Gasteiger partial charge in [-0.05, 0) is 52.9 Å². The molecule has 1 aliphatic rings. The number of rotatable bonds is 9. The van der Waals surface area contributed by atoms with Crippen molar-refractivity contribution in [2.24, 2.45) is 11.4 Å². The average Bonchev–Trinajstić information content (AvgIpc) is 3.40. The van der Waals surface area contributed by atoms with E-state index in [1.807, 2.05) is 54.6 Å². The highest BCUT2D eigenvalue weighted by molar-refractivity contribution is 7.93. The highest BCUT2D eigenvalue weighted by Gasteiger charge is 2.26. The van der Waals surface area contributed by atoms with Crippen molar-refractivity contribution in [1.29, 1.82) is 0 Å². The quantitative estimate of drug-likeness (QED) is 0.158. The van der Waals surface area contributed by atoms with Gasteiger partial charge in [0.2, 0.25) is 11.7 Å². The number of ketones is 1. The van der Waals surface area contributed by atoms with Crippen molar-refractivity contribution in [2.75, 3.05) is 11.5 Å². The van der Waals surface area contributed by atoms with E-state index in [-0.39, 0.29) is 40.8 Å². The Morgan fingerprint density at radius 2 is 1.58 bits per heavy atom. The summed E-state index contributed by atoms with van der Waals surface area (Å²) in [6.45, 7) is 0.539. The van der Waals surface area contributed by atoms with E-state index in [0.29, 0.717) is 23.1 Å². The van der Waals surface area contributed by atoms with Gasteiger partial charge in [-0.3, -0.25) is 4.79 Å². The predicted molar refractivity (Wildman–Crippen MR) is 171 cm³/mol. The largest absolute Gasteiger partial charge is 0.487 e. The predicted octanol–water partition coefficient (Wildman–Crippen LogP) is 7.90. The second-order valence-corrected chi connectivity index (χ2v) is 13.6. The Morgan fingerprint density at radius 1 is 0.860 bits per heavy atom. The molecule has 9 heteroatoms. The van der Waals surface area contributed by atoms with Crippen molar-refractivity contribution >= 4 is 43.6 Å². The van der Waals surface area contributed by atoms with Crippen LogP contribution in [-0.4, -0.2) is 31.3 Å². The van der Waals surface area contributed by atoms with E-state index in [1.54, 1.807) is 19.2 Å². The molecule has 220 valence electrons. The first-order chi connectivity index (χ1) is 20.9. The van der Waals surface area contributed by atoms with Crippen molar-refractivity contribution in [3.05, 3.63) is 118 Å². The summed E-state index contributed by atoms with van der Waals surface area (Å²) in [6.07, 6.45) is 4.18. The topological polar surface area (TPSA) is 82.8 Å². The van der Waals surface area contributed by atoms with Gasteiger partial charge in [-0.25, -0.2) is 8.89 Å². The zero-order valence-electron chi connectivity index (χ0n) is 23.9. The minimum atomic E-state index is -2.53. The van der Waals surface area contributed by atoms with Crippen molar-refractivity contribution in [1.82, 2.24) is 9.78 Å². The van der Waals surface area contributed by atoms with Crippen LogP contribution in [0.4, 0.5) is 5.69 Å². The molecular weight excluding hydrogens is 582 g/mol. The molecule has 6 rings (SSSR count). The fourth-order valence-corrected chi connectivity index (χ4v) is 7.77. The van der Waals surface area contributed by atoms with E-state index in [4.69, 9.17) is 25.4 Å². The van der Waals surface area contributed by atoms with Crippen LogP contribution in [0.2, 0.25) is 5.02 Å². The average molecular weight is 614 g/mol. The zero-order valence-corrected chi connectivity index (χ0v) is 25.4. The monoisotopic (exact) mass is 613 g/mol. The van der Waals surface area contributed by atoms with Crippen molar-refractivity contribution < 1.29 is 18.5 Å². The van der Waals surface area contributed by atoms with E-state index in [9.17, 15) is 9.00 Å². The minimum absolute atomic E-state index is 0.105. The summed E-state index contributed by atoms with van der Waals surface area (Å²) in [5.41, 5.74) is 2.67. The van der Waals surface area contributed by atoms with Crippen LogP contribution in [0.15, 0.2) is 95.5 Å². The molecule has 7 nitrogen and oxygen atoms in total. The lowest BCUT2D eigenvalue weighted by atomic mass is 10.0. The molecule has 5 aromatic rings. The standard InChI is InChI=1S/C34H32ClN3O4S/c1-38-34(42-23-25-14-15-26-12-6-7-13-27(26)20-25)29(21-36-38)33(39)28-16-17-30(41-22-24-10-4-2-5-11-24)32(31(28)35)37-43(40)18-8-3-9-19-43/h2,4-7,10-17,20-21H,3,8-9,18-19,22-23H2,1H3. The van der Waals surface area contributed by atoms with Gasteiger partial charge in [0.15, 0.2) is 0 Å². The number of ether oxygens (including phenoxy) is 2. The number of hydrogen-bond acceptors (Lipinski definition) is 6. The molecule has 0 atom stereocenters. The first-order valence-corrected chi connectivity index (χ1v) is 16.5. The molecule has 0 spiro atoms. The SMILES string of the molecule is Cn1ncc(C(=O)c2ccc(OCc3ccccc3)c(N=S3(=O)CCCCC3)c2Cl)c1OCc1ccc2ccccc2c1. The molecule has 4 aromatic carbocycles. The van der Waals surface area contributed by atoms with Gasteiger partial charge < -0.3 is 9.47 Å². The van der Waals surface area contributed by atoms with Crippen LogP contribution in [0.5, 0.6) is 11.6 Å². The molecule has 0 bridgehead atoms. The normalized spacial score (nSPS) is 14.4. The molecule has 1 saturated heterocycles. The third kappa shape index (κ3) is 6.45. The fourth-order valence-electron chi connectivity index (χ4n) is 5.23. The number of carbonyl (C=O) groups is 1. The maximum absolute atomic E-state index is 13.9. The number of benzene rings is 4. The number of hydrogen-bond donors (Lipinski definition) is 0. The van der Waals surface area contributed by atoms with Gasteiger partial charge in [0, 0.05) is 24.1 Å². The fraction of sp³-hybridized carbons (Fsp3) is 0.235. The van der Waals surface area contributed by atoms with E-state index < -0.39 is 9.73 Å². The lowest BCUT2D eigenvalue weighted by Crippen LogP contribution is -2.16. The van der Waals surface area contributed by atoms with Crippen LogP contribution >= 0.6 is 11.6 Å². The molecule has 1 aromatic heterocycles. The summed E-state index contributed by atoms with van der Waals surface area (Å²) in [7, 11) is -0.804. The van der Waals surface area contributed by atoms with E-state index in [1.165, 1.54) is 10.9 Å². The van der Waals surface area contributed by atoms with E-state index in [2.05, 4.69) is 23.3 Å². The summed E-state index contributed by atoms with van der Waals surface area (Å²) in [5.74, 6) is 1.34. The third-order valence-corrected chi connectivity index (χ3v) is 10.3. The minimum Gasteiger partial charge on any atom is -0.487 e. The molecule has 1 fully saturated rings. The number of aromatic nitrogens is 2. The maximum atomic E-state index is 13.9. The molecule has 2 heterocycles. The Morgan fingerprint density at radius 3 is 2.37 bits per heavy atom. The van der Waals surface area contributed by atoms with E-state index >= 15 is 0 Å². The van der Waals surface area contributed by atoms with Gasteiger partial charge >= 0.3 is 0 Å². The molecule has 0 N–H and O–H groups in total. The van der Waals surface area contributed by atoms with Gasteiger partial charge in [-0.2, -0.15) is 9.46 Å². The Bertz CT molecular complexity index is 1900. The lowest BCUT2D eigenvalue weighted by Gasteiger charge is -2.18. The van der Waals surface area contributed by atoms with Crippen molar-refractivity contribution in [2.45, 2.75) is 32.5 Å². The highest BCUT2D eigenvalue weighted by Crippen LogP contribution is 2.41. The van der Waals surface area contributed by atoms with Crippen LogP contribution in [-0.2, 0) is 30.0 Å². The number of aryl methyl sites for hydroxylation is 1. The number of nitrogens with zero attached hydrogens (tertiary/aromatic N) is 3. The molecule has 0 amide bonds. The summed E-state index contributed by atoms with van der Waals surface area (Å²) < 4.78 is 32.2. The summed E-state index contributed by atoms with van der Waals surface area (Å²) in [5, 5.41) is 6.65. The second-order valence-electron chi connectivity index (χ2n) is 10.7. The molecule has 0 aliphatic carbocycles. The van der Waals surface area contributed by atoms with Crippen LogP contribution in [0.1, 0.15) is 46.3 Å². The van der Waals surface area contributed by atoms with Crippen molar-refractivity contribution in [3.8, 4) is 11.6 Å². The second kappa shape index (κ2) is 12.6. The number of carbonyl (C=O) groups excluding carboxylic acids is 1. The zero-order chi connectivity index (χ0) is 29.8. The van der Waals surface area contributed by atoms with Crippen LogP contribution in [0.3, 0.4) is 0 Å². The Hall–Kier alpha value is -4.14. The summed E-state index contributed by atoms with van der Waals surface area (Å²) in [6, 6.07) is 27.3. The van der Waals surface area contributed by atoms with Gasteiger partial charge in [-0.1, -0.05) is 84.8 Å². The Labute approximate surface area is 256 Å². The molecule has 43 heavy (non-hydrogen) atoms. The third-order valence-electron chi connectivity index (χ3n) is 7.56. The molecule has 0 radical (unpaired) electrons. The van der Waals surface area contributed by atoms with Crippen LogP contribution in [0.25, 0.3) is 10.8 Å². The smallest absolute Gasteiger partial charge is 0.223 e. The molecule has 1 aliphatic heterocycles. The van der Waals surface area contributed by atoms with Crippen LogP contribution < -0.4 is 9.47 Å². The first kappa shape index (κ1) is 29.0. The first-order valence-electron chi connectivity index (χ1n) is 14.3. The van der Waals surface area contributed by atoms with Gasteiger partial charge in [0.05, 0.1) is 20.9 Å². The van der Waals surface area contributed by atoms with Gasteiger partial charge in [0.1, 0.15) is 30.2 Å². The number of fused-ring (bicyclic) bond motifs is 1. The maximum Gasteiger partial charge on any atom is 0.223 e. The van der Waals surface area contributed by atoms with E-state index in [0.717, 1.165) is 41.2 Å². The summed E-state index contributed by atoms with van der Waals surface area (Å²) >= 11 is 6.92. The van der Waals surface area contributed by atoms with Gasteiger partial charge in [-0.15, -0.1) is 0 Å². The van der Waals surface area contributed by atoms with Crippen LogP contribution in [0, 0.1) is 0 Å². The molecule has 0 saturated carbocycles. The highest BCUT2D eigenvalue weighted by atomic mass is 35.5. The molecular formula is C34H32ClN3O4S. The van der Waals surface area contributed by atoms with Gasteiger partial charge in [0.25, 0.3) is 0 Å². The number of halogens is 1. The Kier molecular flexibility index (Phi) is 8.49. The Balaban J connectivity index is 1.32.